The van der Waals surface area contributed by atoms with Crippen LogP contribution in [0.1, 0.15) is 49.2 Å². The number of hydrogen-bond acceptors (Lipinski definition) is 6. The van der Waals surface area contributed by atoms with Crippen LogP contribution in [0.3, 0.4) is 0 Å². The first-order valence-corrected chi connectivity index (χ1v) is 11.4. The van der Waals surface area contributed by atoms with E-state index < -0.39 is 23.5 Å². The molecular formula is C23H29F2N5O3. The zero-order chi connectivity index (χ0) is 23.5. The molecule has 0 radical (unpaired) electrons. The van der Waals surface area contributed by atoms with Gasteiger partial charge in [0.25, 0.3) is 5.89 Å². The van der Waals surface area contributed by atoms with Gasteiger partial charge in [-0.2, -0.15) is 0 Å². The van der Waals surface area contributed by atoms with Crippen LogP contribution in [0.4, 0.5) is 8.78 Å². The maximum atomic E-state index is 14.0. The predicted octanol–water partition coefficient (Wildman–Crippen LogP) is 2.86. The predicted molar refractivity (Wildman–Crippen MR) is 116 cm³/mol. The summed E-state index contributed by atoms with van der Waals surface area (Å²) in [6, 6.07) is 3.05. The minimum atomic E-state index is -0.864. The Morgan fingerprint density at radius 3 is 2.58 bits per heavy atom. The molecule has 2 unspecified atom stereocenters. The number of hydrogen-bond donors (Lipinski definition) is 1. The smallest absolute Gasteiger partial charge is 0.309 e. The molecule has 4 rings (SSSR count). The normalized spacial score (nSPS) is 22.2. The van der Waals surface area contributed by atoms with E-state index in [9.17, 15) is 18.4 Å². The minimum absolute atomic E-state index is 0.0413. The summed E-state index contributed by atoms with van der Waals surface area (Å²) in [4.78, 5) is 29.7. The molecule has 1 aromatic heterocycles. The van der Waals surface area contributed by atoms with Gasteiger partial charge in [0.1, 0.15) is 11.6 Å². The van der Waals surface area contributed by atoms with Crippen molar-refractivity contribution in [3.63, 3.8) is 0 Å². The van der Waals surface area contributed by atoms with E-state index in [0.717, 1.165) is 25.5 Å². The van der Waals surface area contributed by atoms with Gasteiger partial charge in [0.05, 0.1) is 11.5 Å². The van der Waals surface area contributed by atoms with Crippen molar-refractivity contribution in [2.24, 2.45) is 5.92 Å². The largest absolute Gasteiger partial charge is 0.412 e. The highest BCUT2D eigenvalue weighted by Crippen LogP contribution is 2.28. The molecule has 0 spiro atoms. The summed E-state index contributed by atoms with van der Waals surface area (Å²) in [6.07, 6.45) is 6.59. The molecule has 33 heavy (non-hydrogen) atoms. The standard InChI is InChI=1S/C23H29F2N5O3/c1-29(2)23(32)17-13-30(15-6-4-3-5-7-15)11-10-19(17)26-20(31)22-28-27-21(33-22)16-9-8-14(24)12-18(16)25/h8-9,12,15,17,19H,3-7,10-11,13H2,1-2H3,(H,26,31). The second-order valence-electron chi connectivity index (χ2n) is 9.03. The van der Waals surface area contributed by atoms with Crippen molar-refractivity contribution in [1.29, 1.82) is 0 Å². The monoisotopic (exact) mass is 461 g/mol. The van der Waals surface area contributed by atoms with Gasteiger partial charge >= 0.3 is 11.8 Å². The van der Waals surface area contributed by atoms with Crippen LogP contribution < -0.4 is 5.32 Å². The molecule has 1 aliphatic heterocycles. The fourth-order valence-corrected chi connectivity index (χ4v) is 4.83. The Labute approximate surface area is 191 Å². The Morgan fingerprint density at radius 1 is 1.12 bits per heavy atom. The number of benzene rings is 1. The number of aromatic nitrogens is 2. The van der Waals surface area contributed by atoms with Crippen LogP contribution in [-0.4, -0.2) is 71.1 Å². The third kappa shape index (κ3) is 5.21. The van der Waals surface area contributed by atoms with Crippen molar-refractivity contribution >= 4 is 11.8 Å². The lowest BCUT2D eigenvalue weighted by Gasteiger charge is -2.43. The fourth-order valence-electron chi connectivity index (χ4n) is 4.83. The summed E-state index contributed by atoms with van der Waals surface area (Å²) >= 11 is 0. The molecule has 1 saturated carbocycles. The van der Waals surface area contributed by atoms with Crippen LogP contribution in [-0.2, 0) is 4.79 Å². The Kier molecular flexibility index (Phi) is 7.02. The summed E-state index contributed by atoms with van der Waals surface area (Å²) in [6.45, 7) is 1.38. The van der Waals surface area contributed by atoms with Crippen LogP contribution in [0, 0.1) is 17.6 Å². The van der Waals surface area contributed by atoms with E-state index in [-0.39, 0.29) is 29.3 Å². The minimum Gasteiger partial charge on any atom is -0.412 e. The molecule has 2 atom stereocenters. The van der Waals surface area contributed by atoms with Gasteiger partial charge in [0.2, 0.25) is 5.91 Å². The summed E-state index contributed by atoms with van der Waals surface area (Å²) < 4.78 is 32.5. The molecule has 2 heterocycles. The SMILES string of the molecule is CN(C)C(=O)C1CN(C2CCCCC2)CCC1NC(=O)c1nnc(-c2ccc(F)cc2F)o1. The van der Waals surface area contributed by atoms with Crippen LogP contribution >= 0.6 is 0 Å². The van der Waals surface area contributed by atoms with E-state index in [4.69, 9.17) is 4.42 Å². The van der Waals surface area contributed by atoms with Gasteiger partial charge in [-0.25, -0.2) is 8.78 Å². The topological polar surface area (TPSA) is 91.6 Å². The molecule has 178 valence electrons. The Balaban J connectivity index is 1.47. The zero-order valence-corrected chi connectivity index (χ0v) is 18.9. The number of nitrogens with zero attached hydrogens (tertiary/aromatic N) is 4. The lowest BCUT2D eigenvalue weighted by Crippen LogP contribution is -2.57. The average Bonchev–Trinajstić information content (AvgIpc) is 3.29. The van der Waals surface area contributed by atoms with E-state index in [0.29, 0.717) is 25.1 Å². The van der Waals surface area contributed by atoms with Crippen LogP contribution in [0.2, 0.25) is 0 Å². The van der Waals surface area contributed by atoms with E-state index in [2.05, 4.69) is 20.4 Å². The number of nitrogens with one attached hydrogen (secondary N) is 1. The molecule has 2 aromatic rings. The van der Waals surface area contributed by atoms with E-state index in [1.54, 1.807) is 19.0 Å². The van der Waals surface area contributed by atoms with Crippen molar-refractivity contribution in [2.45, 2.75) is 50.6 Å². The fraction of sp³-hybridized carbons (Fsp3) is 0.565. The molecular weight excluding hydrogens is 432 g/mol. The number of piperidine rings is 1. The zero-order valence-electron chi connectivity index (χ0n) is 18.9. The number of amides is 2. The number of rotatable bonds is 5. The number of carbonyl (C=O) groups excluding carboxylic acids is 2. The molecule has 10 heteroatoms. The molecule has 1 aromatic carbocycles. The van der Waals surface area contributed by atoms with Gasteiger partial charge in [-0.1, -0.05) is 19.3 Å². The van der Waals surface area contributed by atoms with E-state index in [1.165, 1.54) is 25.3 Å². The molecule has 0 bridgehead atoms. The van der Waals surface area contributed by atoms with Crippen LogP contribution in [0.5, 0.6) is 0 Å². The number of likely N-dealkylation sites (tertiary alicyclic amines) is 1. The van der Waals surface area contributed by atoms with Gasteiger partial charge < -0.3 is 14.6 Å². The van der Waals surface area contributed by atoms with Crippen LogP contribution in [0.15, 0.2) is 22.6 Å². The highest BCUT2D eigenvalue weighted by Gasteiger charge is 2.39. The molecule has 2 amide bonds. The summed E-state index contributed by atoms with van der Waals surface area (Å²) in [5, 5.41) is 10.3. The van der Waals surface area contributed by atoms with Gasteiger partial charge in [0.15, 0.2) is 0 Å². The summed E-state index contributed by atoms with van der Waals surface area (Å²) in [5.74, 6) is -3.20. The average molecular weight is 462 g/mol. The molecule has 2 aliphatic rings. The van der Waals surface area contributed by atoms with E-state index >= 15 is 0 Å². The Bertz CT molecular complexity index is 1010. The lowest BCUT2D eigenvalue weighted by molar-refractivity contribution is -0.136. The highest BCUT2D eigenvalue weighted by atomic mass is 19.1. The third-order valence-electron chi connectivity index (χ3n) is 6.59. The molecule has 1 saturated heterocycles. The first-order valence-electron chi connectivity index (χ1n) is 11.4. The summed E-state index contributed by atoms with van der Waals surface area (Å²) in [5.41, 5.74) is -0.0931. The lowest BCUT2D eigenvalue weighted by atomic mass is 9.86. The van der Waals surface area contributed by atoms with Crippen LogP contribution in [0.25, 0.3) is 11.5 Å². The van der Waals surface area contributed by atoms with Crippen molar-refractivity contribution in [3.8, 4) is 11.5 Å². The Hall–Kier alpha value is -2.88. The van der Waals surface area contributed by atoms with Gasteiger partial charge in [0, 0.05) is 45.3 Å². The van der Waals surface area contributed by atoms with Crippen molar-refractivity contribution in [3.05, 3.63) is 35.7 Å². The quantitative estimate of drug-likeness (QED) is 0.736. The van der Waals surface area contributed by atoms with Crippen molar-refractivity contribution in [1.82, 2.24) is 25.3 Å². The van der Waals surface area contributed by atoms with Gasteiger partial charge in [-0.05, 0) is 31.4 Å². The first-order chi connectivity index (χ1) is 15.8. The number of carbonyl (C=O) groups is 2. The molecule has 8 nitrogen and oxygen atoms in total. The third-order valence-corrected chi connectivity index (χ3v) is 6.59. The molecule has 1 aliphatic carbocycles. The van der Waals surface area contributed by atoms with Gasteiger partial charge in [-0.3, -0.25) is 14.5 Å². The highest BCUT2D eigenvalue weighted by molar-refractivity contribution is 5.90. The number of halogens is 2. The van der Waals surface area contributed by atoms with E-state index in [1.807, 2.05) is 0 Å². The second kappa shape index (κ2) is 9.94. The first kappa shape index (κ1) is 23.3. The second-order valence-corrected chi connectivity index (χ2v) is 9.03. The van der Waals surface area contributed by atoms with Crippen molar-refractivity contribution in [2.75, 3.05) is 27.2 Å². The summed E-state index contributed by atoms with van der Waals surface area (Å²) in [7, 11) is 3.42. The molecule has 1 N–H and O–H groups in total. The maximum Gasteiger partial charge on any atom is 0.309 e. The van der Waals surface area contributed by atoms with Crippen molar-refractivity contribution < 1.29 is 22.8 Å². The maximum absolute atomic E-state index is 14.0. The Morgan fingerprint density at radius 2 is 1.88 bits per heavy atom. The van der Waals surface area contributed by atoms with Gasteiger partial charge in [-0.15, -0.1) is 10.2 Å². The molecule has 2 fully saturated rings.